The second kappa shape index (κ2) is 7.70. The highest BCUT2D eigenvalue weighted by Crippen LogP contribution is 2.32. The number of fused-ring (bicyclic) bond motifs is 1. The lowest BCUT2D eigenvalue weighted by Gasteiger charge is -2.18. The second-order valence-electron chi connectivity index (χ2n) is 7.45. The zero-order chi connectivity index (χ0) is 19.4. The highest BCUT2D eigenvalue weighted by molar-refractivity contribution is 6.05. The summed E-state index contributed by atoms with van der Waals surface area (Å²) < 4.78 is 11.2. The topological polar surface area (TPSA) is 76.7 Å². The molecule has 2 N–H and O–H groups in total. The number of carbonyl (C=O) groups is 2. The smallest absolute Gasteiger partial charge is 0.255 e. The lowest BCUT2D eigenvalue weighted by atomic mass is 9.95. The lowest BCUT2D eigenvalue weighted by molar-refractivity contribution is -0.123. The zero-order valence-electron chi connectivity index (χ0n) is 15.8. The van der Waals surface area contributed by atoms with Crippen molar-refractivity contribution in [2.75, 3.05) is 23.8 Å². The predicted octanol–water partition coefficient (Wildman–Crippen LogP) is 4.08. The van der Waals surface area contributed by atoms with Crippen LogP contribution in [0.1, 0.15) is 37.6 Å². The van der Waals surface area contributed by atoms with Gasteiger partial charge in [-0.15, -0.1) is 0 Å². The molecule has 0 saturated heterocycles. The molecule has 0 spiro atoms. The fourth-order valence-electron chi connectivity index (χ4n) is 2.50. The minimum atomic E-state index is -0.512. The molecule has 6 nitrogen and oxygen atoms in total. The van der Waals surface area contributed by atoms with Crippen LogP contribution in [0.15, 0.2) is 42.5 Å². The van der Waals surface area contributed by atoms with E-state index in [1.807, 2.05) is 20.8 Å². The Kier molecular flexibility index (Phi) is 5.35. The van der Waals surface area contributed by atoms with Gasteiger partial charge in [-0.3, -0.25) is 9.59 Å². The molecule has 142 valence electrons. The Bertz CT molecular complexity index is 856. The van der Waals surface area contributed by atoms with E-state index in [0.29, 0.717) is 41.7 Å². The van der Waals surface area contributed by atoms with Crippen LogP contribution < -0.4 is 20.1 Å². The van der Waals surface area contributed by atoms with E-state index in [0.717, 1.165) is 6.42 Å². The average molecular weight is 368 g/mol. The van der Waals surface area contributed by atoms with E-state index in [4.69, 9.17) is 9.47 Å². The average Bonchev–Trinajstić information content (AvgIpc) is 2.86. The van der Waals surface area contributed by atoms with Crippen LogP contribution in [0.25, 0.3) is 0 Å². The Labute approximate surface area is 158 Å². The van der Waals surface area contributed by atoms with E-state index in [2.05, 4.69) is 10.6 Å². The second-order valence-corrected chi connectivity index (χ2v) is 7.45. The van der Waals surface area contributed by atoms with Crippen molar-refractivity contribution in [2.24, 2.45) is 5.41 Å². The van der Waals surface area contributed by atoms with Gasteiger partial charge >= 0.3 is 0 Å². The van der Waals surface area contributed by atoms with Crippen molar-refractivity contribution in [3.63, 3.8) is 0 Å². The largest absolute Gasteiger partial charge is 0.490 e. The summed E-state index contributed by atoms with van der Waals surface area (Å²) in [5.41, 5.74) is 1.14. The number of ether oxygens (including phenoxy) is 2. The number of anilines is 2. The number of hydrogen-bond acceptors (Lipinski definition) is 4. The molecule has 0 atom stereocenters. The summed E-state index contributed by atoms with van der Waals surface area (Å²) >= 11 is 0. The normalized spacial score (nSPS) is 13.4. The van der Waals surface area contributed by atoms with Crippen molar-refractivity contribution in [3.8, 4) is 11.5 Å². The Balaban J connectivity index is 1.72. The summed E-state index contributed by atoms with van der Waals surface area (Å²) in [6.07, 6.45) is 0.823. The summed E-state index contributed by atoms with van der Waals surface area (Å²) in [5, 5.41) is 5.69. The quantitative estimate of drug-likeness (QED) is 0.856. The third-order valence-corrected chi connectivity index (χ3v) is 4.07. The van der Waals surface area contributed by atoms with E-state index in [1.165, 1.54) is 0 Å². The maximum absolute atomic E-state index is 12.6. The van der Waals surface area contributed by atoms with Crippen LogP contribution in [0, 0.1) is 5.41 Å². The van der Waals surface area contributed by atoms with Gasteiger partial charge in [0.25, 0.3) is 5.91 Å². The first-order valence-electron chi connectivity index (χ1n) is 8.95. The van der Waals surface area contributed by atoms with Crippen LogP contribution in [-0.2, 0) is 4.79 Å². The zero-order valence-corrected chi connectivity index (χ0v) is 15.8. The lowest BCUT2D eigenvalue weighted by Crippen LogP contribution is -2.27. The van der Waals surface area contributed by atoms with E-state index in [1.54, 1.807) is 42.5 Å². The van der Waals surface area contributed by atoms with Crippen molar-refractivity contribution in [1.82, 2.24) is 0 Å². The molecule has 27 heavy (non-hydrogen) atoms. The van der Waals surface area contributed by atoms with E-state index in [-0.39, 0.29) is 11.8 Å². The molecule has 0 unspecified atom stereocenters. The van der Waals surface area contributed by atoms with Crippen molar-refractivity contribution in [3.05, 3.63) is 48.0 Å². The van der Waals surface area contributed by atoms with Gasteiger partial charge in [-0.05, 0) is 30.3 Å². The van der Waals surface area contributed by atoms with Gasteiger partial charge < -0.3 is 20.1 Å². The molecule has 0 saturated carbocycles. The van der Waals surface area contributed by atoms with Gasteiger partial charge in [0.2, 0.25) is 5.91 Å². The molecule has 6 heteroatoms. The van der Waals surface area contributed by atoms with Crippen molar-refractivity contribution in [2.45, 2.75) is 27.2 Å². The molecular weight excluding hydrogens is 344 g/mol. The number of nitrogens with one attached hydrogen (secondary N) is 2. The molecule has 2 aromatic carbocycles. The number of rotatable bonds is 3. The molecule has 0 aliphatic carbocycles. The number of benzene rings is 2. The first-order chi connectivity index (χ1) is 12.8. The number of hydrogen-bond donors (Lipinski definition) is 2. The maximum Gasteiger partial charge on any atom is 0.255 e. The van der Waals surface area contributed by atoms with Crippen molar-refractivity contribution in [1.29, 1.82) is 0 Å². The van der Waals surface area contributed by atoms with Crippen LogP contribution >= 0.6 is 0 Å². The number of amides is 2. The SMILES string of the molecule is CC(C)(C)C(=O)Nc1cccc(C(=O)Nc2ccc3c(c2)OCCCO3)c1. The summed E-state index contributed by atoms with van der Waals surface area (Å²) in [4.78, 5) is 24.7. The first kappa shape index (κ1) is 18.8. The van der Waals surface area contributed by atoms with Crippen LogP contribution in [0.2, 0.25) is 0 Å². The molecule has 0 bridgehead atoms. The summed E-state index contributed by atoms with van der Waals surface area (Å²) in [6.45, 7) is 6.71. The minimum absolute atomic E-state index is 0.108. The monoisotopic (exact) mass is 368 g/mol. The van der Waals surface area contributed by atoms with Gasteiger partial charge in [-0.25, -0.2) is 0 Å². The van der Waals surface area contributed by atoms with E-state index in [9.17, 15) is 9.59 Å². The molecule has 2 amide bonds. The van der Waals surface area contributed by atoms with E-state index >= 15 is 0 Å². The van der Waals surface area contributed by atoms with Gasteiger partial charge in [0.15, 0.2) is 11.5 Å². The Morgan fingerprint density at radius 1 is 0.889 bits per heavy atom. The summed E-state index contributed by atoms with van der Waals surface area (Å²) in [6, 6.07) is 12.2. The minimum Gasteiger partial charge on any atom is -0.490 e. The van der Waals surface area contributed by atoms with Gasteiger partial charge in [0.1, 0.15) is 0 Å². The summed E-state index contributed by atoms with van der Waals surface area (Å²) in [7, 11) is 0. The van der Waals surface area contributed by atoms with E-state index < -0.39 is 5.41 Å². The highest BCUT2D eigenvalue weighted by Gasteiger charge is 2.21. The molecule has 1 aliphatic heterocycles. The maximum atomic E-state index is 12.6. The molecule has 1 aliphatic rings. The first-order valence-corrected chi connectivity index (χ1v) is 8.95. The Morgan fingerprint density at radius 3 is 2.33 bits per heavy atom. The van der Waals surface area contributed by atoms with Crippen molar-refractivity contribution < 1.29 is 19.1 Å². The third-order valence-electron chi connectivity index (χ3n) is 4.07. The molecule has 2 aromatic rings. The molecule has 1 heterocycles. The van der Waals surface area contributed by atoms with Gasteiger partial charge in [-0.1, -0.05) is 26.8 Å². The standard InChI is InChI=1S/C21H24N2O4/c1-21(2,3)20(25)23-15-7-4-6-14(12-15)19(24)22-16-8-9-17-18(13-16)27-11-5-10-26-17/h4,6-9,12-13H,5,10-11H2,1-3H3,(H,22,24)(H,23,25). The van der Waals surface area contributed by atoms with Crippen LogP contribution in [0.5, 0.6) is 11.5 Å². The Hall–Kier alpha value is -3.02. The van der Waals surface area contributed by atoms with Gasteiger partial charge in [0.05, 0.1) is 13.2 Å². The Morgan fingerprint density at radius 2 is 1.59 bits per heavy atom. The van der Waals surface area contributed by atoms with Gasteiger partial charge in [0, 0.05) is 34.8 Å². The molecule has 0 aromatic heterocycles. The van der Waals surface area contributed by atoms with Crippen molar-refractivity contribution >= 4 is 23.2 Å². The summed E-state index contributed by atoms with van der Waals surface area (Å²) in [5.74, 6) is 0.924. The van der Waals surface area contributed by atoms with Gasteiger partial charge in [-0.2, -0.15) is 0 Å². The fourth-order valence-corrected chi connectivity index (χ4v) is 2.50. The molecule has 0 fully saturated rings. The molecular formula is C21H24N2O4. The van der Waals surface area contributed by atoms with Crippen LogP contribution in [-0.4, -0.2) is 25.0 Å². The van der Waals surface area contributed by atoms with Crippen LogP contribution in [0.4, 0.5) is 11.4 Å². The molecule has 0 radical (unpaired) electrons. The molecule has 3 rings (SSSR count). The highest BCUT2D eigenvalue weighted by atomic mass is 16.5. The fraction of sp³-hybridized carbons (Fsp3) is 0.333. The van der Waals surface area contributed by atoms with Crippen LogP contribution in [0.3, 0.4) is 0 Å². The number of carbonyl (C=O) groups excluding carboxylic acids is 2. The third kappa shape index (κ3) is 4.78. The predicted molar refractivity (Wildman–Crippen MR) is 105 cm³/mol.